The third kappa shape index (κ3) is 5.01. The van der Waals surface area contributed by atoms with Gasteiger partial charge in [-0.1, -0.05) is 41.9 Å². The number of ether oxygens (including phenoxy) is 1. The fourth-order valence-electron chi connectivity index (χ4n) is 3.41. The lowest BCUT2D eigenvalue weighted by atomic mass is 10.0. The molecule has 0 spiro atoms. The van der Waals surface area contributed by atoms with Crippen LogP contribution in [0, 0.1) is 0 Å². The minimum absolute atomic E-state index is 0.0942. The van der Waals surface area contributed by atoms with Crippen molar-refractivity contribution in [3.05, 3.63) is 64.7 Å². The normalized spacial score (nSPS) is 17.5. The van der Waals surface area contributed by atoms with Gasteiger partial charge < -0.3 is 15.0 Å². The highest BCUT2D eigenvalue weighted by molar-refractivity contribution is 6.31. The molecule has 0 saturated carbocycles. The molecule has 0 aromatic heterocycles. The van der Waals surface area contributed by atoms with Crippen molar-refractivity contribution in [2.75, 3.05) is 40.3 Å². The summed E-state index contributed by atoms with van der Waals surface area (Å²) in [4.78, 5) is 16.8. The van der Waals surface area contributed by atoms with Gasteiger partial charge in [-0.2, -0.15) is 0 Å². The molecule has 1 saturated heterocycles. The fourth-order valence-corrected chi connectivity index (χ4v) is 3.68. The van der Waals surface area contributed by atoms with E-state index >= 15 is 0 Å². The summed E-state index contributed by atoms with van der Waals surface area (Å²) in [5.74, 6) is 0.894. The van der Waals surface area contributed by atoms with E-state index in [1.54, 1.807) is 12.0 Å². The van der Waals surface area contributed by atoms with Gasteiger partial charge in [-0.05, 0) is 29.3 Å². The zero-order chi connectivity index (χ0) is 19.2. The minimum Gasteiger partial charge on any atom is -0.497 e. The van der Waals surface area contributed by atoms with Gasteiger partial charge in [0.2, 0.25) is 5.91 Å². The molecule has 144 valence electrons. The predicted octanol–water partition coefficient (Wildman–Crippen LogP) is 2.95. The van der Waals surface area contributed by atoms with Crippen LogP contribution in [0.2, 0.25) is 5.02 Å². The summed E-state index contributed by atoms with van der Waals surface area (Å²) >= 11 is 6.40. The maximum atomic E-state index is 12.8. The van der Waals surface area contributed by atoms with Crippen LogP contribution >= 0.6 is 11.6 Å². The van der Waals surface area contributed by atoms with E-state index in [4.69, 9.17) is 16.3 Å². The van der Waals surface area contributed by atoms with Gasteiger partial charge in [-0.15, -0.1) is 0 Å². The molecule has 6 heteroatoms. The number of halogens is 1. The number of carbonyl (C=O) groups is 1. The second kappa shape index (κ2) is 9.22. The summed E-state index contributed by atoms with van der Waals surface area (Å²) < 4.78 is 5.26. The van der Waals surface area contributed by atoms with E-state index < -0.39 is 0 Å². The lowest BCUT2D eigenvalue weighted by molar-refractivity contribution is -0.132. The molecular weight excluding hydrogens is 362 g/mol. The number of amides is 1. The molecule has 1 aliphatic heterocycles. The quantitative estimate of drug-likeness (QED) is 0.827. The molecule has 2 aromatic carbocycles. The van der Waals surface area contributed by atoms with Crippen LogP contribution in [0.1, 0.15) is 17.2 Å². The number of piperazine rings is 1. The van der Waals surface area contributed by atoms with Crippen molar-refractivity contribution in [1.82, 2.24) is 15.1 Å². The Morgan fingerprint density at radius 2 is 2.11 bits per heavy atom. The molecule has 5 nitrogen and oxygen atoms in total. The van der Waals surface area contributed by atoms with E-state index in [-0.39, 0.29) is 11.9 Å². The highest BCUT2D eigenvalue weighted by Crippen LogP contribution is 2.28. The lowest BCUT2D eigenvalue weighted by Crippen LogP contribution is -2.49. The highest BCUT2D eigenvalue weighted by Gasteiger charge is 2.27. The molecule has 2 aromatic rings. The number of benzene rings is 2. The van der Waals surface area contributed by atoms with Gasteiger partial charge in [0.1, 0.15) is 5.75 Å². The Kier molecular flexibility index (Phi) is 6.72. The topological polar surface area (TPSA) is 44.8 Å². The molecule has 3 rings (SSSR count). The lowest BCUT2D eigenvalue weighted by Gasteiger charge is -2.37. The Morgan fingerprint density at radius 1 is 1.30 bits per heavy atom. The third-order valence-electron chi connectivity index (χ3n) is 4.94. The first-order valence-corrected chi connectivity index (χ1v) is 9.52. The van der Waals surface area contributed by atoms with Crippen LogP contribution in [0.4, 0.5) is 0 Å². The molecule has 1 atom stereocenters. The van der Waals surface area contributed by atoms with Crippen LogP contribution in [0.15, 0.2) is 48.5 Å². The Morgan fingerprint density at radius 3 is 2.89 bits per heavy atom. The van der Waals surface area contributed by atoms with Crippen LogP contribution < -0.4 is 10.1 Å². The summed E-state index contributed by atoms with van der Waals surface area (Å²) in [6.45, 7) is 3.40. The first-order chi connectivity index (χ1) is 13.1. The number of hydrogen-bond acceptors (Lipinski definition) is 4. The fraction of sp³-hybridized carbons (Fsp3) is 0.381. The van der Waals surface area contributed by atoms with Gasteiger partial charge >= 0.3 is 0 Å². The standard InChI is InChI=1S/C21H26ClN3O2/c1-24(14-16-6-5-7-17(12-16)27-2)21(26)15-25-11-10-23-13-20(25)18-8-3-4-9-19(18)22/h3-9,12,20,23H,10-11,13-15H2,1-2H3. The molecule has 1 amide bonds. The number of nitrogens with zero attached hydrogens (tertiary/aromatic N) is 2. The minimum atomic E-state index is 0.0942. The zero-order valence-corrected chi connectivity index (χ0v) is 16.6. The van der Waals surface area contributed by atoms with Crippen molar-refractivity contribution in [1.29, 1.82) is 0 Å². The van der Waals surface area contributed by atoms with E-state index in [0.29, 0.717) is 13.1 Å². The summed E-state index contributed by atoms with van der Waals surface area (Å²) in [7, 11) is 3.49. The molecule has 1 N–H and O–H groups in total. The molecule has 1 heterocycles. The molecule has 0 aliphatic carbocycles. The number of carbonyl (C=O) groups excluding carboxylic acids is 1. The first-order valence-electron chi connectivity index (χ1n) is 9.14. The zero-order valence-electron chi connectivity index (χ0n) is 15.8. The maximum absolute atomic E-state index is 12.8. The Balaban J connectivity index is 1.66. The van der Waals surface area contributed by atoms with Crippen molar-refractivity contribution in [3.63, 3.8) is 0 Å². The van der Waals surface area contributed by atoms with Crippen LogP contribution in [0.3, 0.4) is 0 Å². The number of hydrogen-bond donors (Lipinski definition) is 1. The number of likely N-dealkylation sites (N-methyl/N-ethyl adjacent to an activating group) is 1. The number of rotatable bonds is 6. The summed E-state index contributed by atoms with van der Waals surface area (Å²) in [5.41, 5.74) is 2.11. The van der Waals surface area contributed by atoms with Crippen LogP contribution in [0.5, 0.6) is 5.75 Å². The van der Waals surface area contributed by atoms with Crippen LogP contribution in [-0.4, -0.2) is 56.0 Å². The van der Waals surface area contributed by atoms with Crippen molar-refractivity contribution in [3.8, 4) is 5.75 Å². The second-order valence-electron chi connectivity index (χ2n) is 6.81. The predicted molar refractivity (Wildman–Crippen MR) is 108 cm³/mol. The molecule has 0 radical (unpaired) electrons. The van der Waals surface area contributed by atoms with E-state index in [1.165, 1.54) is 0 Å². The maximum Gasteiger partial charge on any atom is 0.236 e. The molecular formula is C21H26ClN3O2. The molecule has 0 bridgehead atoms. The van der Waals surface area contributed by atoms with E-state index in [1.807, 2.05) is 55.6 Å². The second-order valence-corrected chi connectivity index (χ2v) is 7.22. The van der Waals surface area contributed by atoms with Gasteiger partial charge in [-0.25, -0.2) is 0 Å². The molecule has 1 aliphatic rings. The molecule has 27 heavy (non-hydrogen) atoms. The average molecular weight is 388 g/mol. The smallest absolute Gasteiger partial charge is 0.236 e. The summed E-state index contributed by atoms with van der Waals surface area (Å²) in [6.07, 6.45) is 0. The molecule has 1 unspecified atom stereocenters. The van der Waals surface area contributed by atoms with Crippen molar-refractivity contribution in [2.45, 2.75) is 12.6 Å². The third-order valence-corrected chi connectivity index (χ3v) is 5.28. The van der Waals surface area contributed by atoms with Gasteiger partial charge in [0.25, 0.3) is 0 Å². The Hall–Kier alpha value is -2.08. The van der Waals surface area contributed by atoms with Gasteiger partial charge in [0, 0.05) is 44.3 Å². The van der Waals surface area contributed by atoms with Gasteiger partial charge in [0.15, 0.2) is 0 Å². The van der Waals surface area contributed by atoms with Gasteiger partial charge in [0.05, 0.1) is 13.7 Å². The SMILES string of the molecule is COc1cccc(CN(C)C(=O)CN2CCNCC2c2ccccc2Cl)c1. The summed E-state index contributed by atoms with van der Waals surface area (Å²) in [5, 5.41) is 4.15. The van der Waals surface area contributed by atoms with Crippen LogP contribution in [0.25, 0.3) is 0 Å². The Labute approximate surface area is 165 Å². The van der Waals surface area contributed by atoms with Crippen molar-refractivity contribution in [2.24, 2.45) is 0 Å². The monoisotopic (exact) mass is 387 g/mol. The van der Waals surface area contributed by atoms with E-state index in [9.17, 15) is 4.79 Å². The van der Waals surface area contributed by atoms with Crippen LogP contribution in [-0.2, 0) is 11.3 Å². The first kappa shape index (κ1) is 19.7. The number of nitrogens with one attached hydrogen (secondary N) is 1. The Bertz CT molecular complexity index is 784. The largest absolute Gasteiger partial charge is 0.497 e. The van der Waals surface area contributed by atoms with Gasteiger partial charge in [-0.3, -0.25) is 9.69 Å². The molecule has 1 fully saturated rings. The van der Waals surface area contributed by atoms with Crippen molar-refractivity contribution >= 4 is 17.5 Å². The highest BCUT2D eigenvalue weighted by atomic mass is 35.5. The number of methoxy groups -OCH3 is 1. The van der Waals surface area contributed by atoms with E-state index in [2.05, 4.69) is 10.2 Å². The van der Waals surface area contributed by atoms with E-state index in [0.717, 1.165) is 41.5 Å². The summed E-state index contributed by atoms with van der Waals surface area (Å²) in [6, 6.07) is 15.8. The van der Waals surface area contributed by atoms with Crippen molar-refractivity contribution < 1.29 is 9.53 Å². The average Bonchev–Trinajstić information content (AvgIpc) is 2.69.